The fraction of sp³-hybridized carbons (Fsp3) is 0.188. The number of aliphatic carboxylic acids is 1. The Bertz CT molecular complexity index is 620. The van der Waals surface area contributed by atoms with E-state index < -0.39 is 17.7 Å². The third-order valence-corrected chi connectivity index (χ3v) is 3.19. The Labute approximate surface area is 111 Å². The zero-order valence-corrected chi connectivity index (χ0v) is 10.9. The lowest BCUT2D eigenvalue weighted by Gasteiger charge is -2.10. The second-order valence-corrected chi connectivity index (χ2v) is 4.67. The summed E-state index contributed by atoms with van der Waals surface area (Å²) in [5.41, 5.74) is 2.82. The van der Waals surface area contributed by atoms with Crippen LogP contribution in [0.1, 0.15) is 24.0 Å². The van der Waals surface area contributed by atoms with Crippen molar-refractivity contribution in [1.29, 1.82) is 0 Å². The van der Waals surface area contributed by atoms with Gasteiger partial charge < -0.3 is 5.11 Å². The predicted molar refractivity (Wildman–Crippen MR) is 72.6 cm³/mol. The van der Waals surface area contributed by atoms with Crippen LogP contribution < -0.4 is 0 Å². The maximum absolute atomic E-state index is 14.1. The first kappa shape index (κ1) is 13.3. The summed E-state index contributed by atoms with van der Waals surface area (Å²) in [7, 11) is 0. The molecule has 0 saturated carbocycles. The van der Waals surface area contributed by atoms with Gasteiger partial charge in [-0.15, -0.1) is 0 Å². The molecule has 0 radical (unpaired) electrons. The van der Waals surface area contributed by atoms with Crippen LogP contribution in [0, 0.1) is 12.7 Å². The van der Waals surface area contributed by atoms with Gasteiger partial charge in [-0.05, 0) is 31.0 Å². The Balaban J connectivity index is 2.42. The molecule has 0 fully saturated rings. The Kier molecular flexibility index (Phi) is 3.65. The molecule has 0 bridgehead atoms. The SMILES string of the molecule is Cc1cccc(-c2ccc(C(C)C(=O)O)cc2F)c1. The van der Waals surface area contributed by atoms with Gasteiger partial charge in [-0.3, -0.25) is 4.79 Å². The molecule has 0 aliphatic rings. The first-order chi connectivity index (χ1) is 8.99. The highest BCUT2D eigenvalue weighted by Gasteiger charge is 2.15. The lowest BCUT2D eigenvalue weighted by molar-refractivity contribution is -0.138. The van der Waals surface area contributed by atoms with E-state index in [1.807, 2.05) is 31.2 Å². The average molecular weight is 258 g/mol. The molecule has 2 rings (SSSR count). The second-order valence-electron chi connectivity index (χ2n) is 4.67. The topological polar surface area (TPSA) is 37.3 Å². The van der Waals surface area contributed by atoms with E-state index in [2.05, 4.69) is 0 Å². The van der Waals surface area contributed by atoms with Gasteiger partial charge in [0.05, 0.1) is 5.92 Å². The normalized spacial score (nSPS) is 12.2. The van der Waals surface area contributed by atoms with E-state index in [9.17, 15) is 9.18 Å². The van der Waals surface area contributed by atoms with Crippen molar-refractivity contribution in [2.24, 2.45) is 0 Å². The fourth-order valence-electron chi connectivity index (χ4n) is 1.99. The molecule has 0 amide bonds. The van der Waals surface area contributed by atoms with Crippen molar-refractivity contribution < 1.29 is 14.3 Å². The van der Waals surface area contributed by atoms with Crippen LogP contribution in [0.5, 0.6) is 0 Å². The minimum Gasteiger partial charge on any atom is -0.481 e. The number of carboxylic acid groups (broad SMARTS) is 1. The number of rotatable bonds is 3. The molecule has 2 aromatic carbocycles. The van der Waals surface area contributed by atoms with E-state index >= 15 is 0 Å². The van der Waals surface area contributed by atoms with Crippen molar-refractivity contribution in [3.05, 3.63) is 59.4 Å². The highest BCUT2D eigenvalue weighted by molar-refractivity contribution is 5.76. The fourth-order valence-corrected chi connectivity index (χ4v) is 1.99. The molecule has 1 unspecified atom stereocenters. The molecule has 0 aliphatic heterocycles. The summed E-state index contributed by atoms with van der Waals surface area (Å²) < 4.78 is 14.1. The second kappa shape index (κ2) is 5.22. The monoisotopic (exact) mass is 258 g/mol. The van der Waals surface area contributed by atoms with Crippen LogP contribution in [0.4, 0.5) is 4.39 Å². The zero-order chi connectivity index (χ0) is 14.0. The van der Waals surface area contributed by atoms with Gasteiger partial charge in [-0.25, -0.2) is 4.39 Å². The Morgan fingerprint density at radius 1 is 1.21 bits per heavy atom. The lowest BCUT2D eigenvalue weighted by Crippen LogP contribution is -2.07. The van der Waals surface area contributed by atoms with E-state index in [0.717, 1.165) is 11.1 Å². The minimum atomic E-state index is -0.956. The third kappa shape index (κ3) is 2.81. The molecule has 98 valence electrons. The molecule has 0 heterocycles. The quantitative estimate of drug-likeness (QED) is 0.903. The predicted octanol–water partition coefficient (Wildman–Crippen LogP) is 3.99. The number of hydrogen-bond acceptors (Lipinski definition) is 1. The van der Waals surface area contributed by atoms with E-state index in [-0.39, 0.29) is 0 Å². The van der Waals surface area contributed by atoms with Gasteiger partial charge in [0.2, 0.25) is 0 Å². The molecule has 1 atom stereocenters. The average Bonchev–Trinajstić information content (AvgIpc) is 2.37. The summed E-state index contributed by atoms with van der Waals surface area (Å²) in [5.74, 6) is -2.06. The summed E-state index contributed by atoms with van der Waals surface area (Å²) in [4.78, 5) is 10.9. The van der Waals surface area contributed by atoms with Gasteiger partial charge in [0.1, 0.15) is 5.82 Å². The largest absolute Gasteiger partial charge is 0.481 e. The number of carboxylic acids is 1. The minimum absolute atomic E-state index is 0.392. The number of benzene rings is 2. The molecule has 0 aromatic heterocycles. The summed E-state index contributed by atoms with van der Waals surface area (Å²) in [5, 5.41) is 8.93. The van der Waals surface area contributed by atoms with Crippen LogP contribution in [0.25, 0.3) is 11.1 Å². The highest BCUT2D eigenvalue weighted by Crippen LogP contribution is 2.27. The molecular formula is C16H15FO2. The Hall–Kier alpha value is -2.16. The molecule has 2 aromatic rings. The van der Waals surface area contributed by atoms with Gasteiger partial charge in [0.15, 0.2) is 0 Å². The molecule has 0 saturated heterocycles. The Morgan fingerprint density at radius 3 is 2.53 bits per heavy atom. The van der Waals surface area contributed by atoms with Gasteiger partial charge in [0, 0.05) is 5.56 Å². The highest BCUT2D eigenvalue weighted by atomic mass is 19.1. The van der Waals surface area contributed by atoms with Crippen LogP contribution in [-0.2, 0) is 4.79 Å². The number of carbonyl (C=O) groups is 1. The van der Waals surface area contributed by atoms with Crippen LogP contribution in [-0.4, -0.2) is 11.1 Å². The lowest BCUT2D eigenvalue weighted by atomic mass is 9.96. The maximum atomic E-state index is 14.1. The van der Waals surface area contributed by atoms with E-state index in [0.29, 0.717) is 11.1 Å². The van der Waals surface area contributed by atoms with Crippen LogP contribution in [0.15, 0.2) is 42.5 Å². The Morgan fingerprint density at radius 2 is 1.95 bits per heavy atom. The van der Waals surface area contributed by atoms with Gasteiger partial charge in [-0.2, -0.15) is 0 Å². The van der Waals surface area contributed by atoms with Gasteiger partial charge in [-0.1, -0.05) is 42.0 Å². The van der Waals surface area contributed by atoms with Crippen molar-refractivity contribution in [3.63, 3.8) is 0 Å². The molecule has 3 heteroatoms. The number of aryl methyl sites for hydroxylation is 1. The van der Waals surface area contributed by atoms with Crippen LogP contribution in [0.3, 0.4) is 0 Å². The van der Waals surface area contributed by atoms with Crippen LogP contribution >= 0.6 is 0 Å². The first-order valence-corrected chi connectivity index (χ1v) is 6.08. The smallest absolute Gasteiger partial charge is 0.310 e. The van der Waals surface area contributed by atoms with Gasteiger partial charge >= 0.3 is 5.97 Å². The van der Waals surface area contributed by atoms with E-state index in [1.54, 1.807) is 19.1 Å². The number of halogens is 1. The molecular weight excluding hydrogens is 243 g/mol. The molecule has 0 aliphatic carbocycles. The molecule has 2 nitrogen and oxygen atoms in total. The maximum Gasteiger partial charge on any atom is 0.310 e. The summed E-state index contributed by atoms with van der Waals surface area (Å²) in [6, 6.07) is 12.2. The van der Waals surface area contributed by atoms with Crippen molar-refractivity contribution in [2.75, 3.05) is 0 Å². The van der Waals surface area contributed by atoms with Crippen LogP contribution in [0.2, 0.25) is 0 Å². The molecule has 0 spiro atoms. The van der Waals surface area contributed by atoms with Crippen molar-refractivity contribution in [1.82, 2.24) is 0 Å². The zero-order valence-electron chi connectivity index (χ0n) is 10.9. The summed E-state index contributed by atoms with van der Waals surface area (Å²) in [6.07, 6.45) is 0. The van der Waals surface area contributed by atoms with Crippen molar-refractivity contribution in [2.45, 2.75) is 19.8 Å². The van der Waals surface area contributed by atoms with E-state index in [4.69, 9.17) is 5.11 Å². The van der Waals surface area contributed by atoms with Crippen molar-refractivity contribution >= 4 is 5.97 Å². The first-order valence-electron chi connectivity index (χ1n) is 6.08. The summed E-state index contributed by atoms with van der Waals surface area (Å²) >= 11 is 0. The molecule has 1 N–H and O–H groups in total. The molecule has 19 heavy (non-hydrogen) atoms. The standard InChI is InChI=1S/C16H15FO2/c1-10-4-3-5-13(8-10)14-7-6-12(9-15(14)17)11(2)16(18)19/h3-9,11H,1-2H3,(H,18,19). The van der Waals surface area contributed by atoms with Crippen molar-refractivity contribution in [3.8, 4) is 11.1 Å². The third-order valence-electron chi connectivity index (χ3n) is 3.19. The summed E-state index contributed by atoms with van der Waals surface area (Å²) in [6.45, 7) is 3.49. The van der Waals surface area contributed by atoms with E-state index in [1.165, 1.54) is 6.07 Å². The number of hydrogen-bond donors (Lipinski definition) is 1. The van der Waals surface area contributed by atoms with Gasteiger partial charge in [0.25, 0.3) is 0 Å².